The molecule has 2 heteroatoms. The van der Waals surface area contributed by atoms with Gasteiger partial charge in [-0.05, 0) is 22.8 Å². The summed E-state index contributed by atoms with van der Waals surface area (Å²) in [6, 6.07) is 8.45. The molecule has 2 aliphatic carbocycles. The predicted octanol–water partition coefficient (Wildman–Crippen LogP) is 2.89. The van der Waals surface area contributed by atoms with Crippen LogP contribution in [0.2, 0.25) is 0 Å². The molecule has 2 nitrogen and oxygen atoms in total. The Hall–Kier alpha value is -2.22. The molecular weight excluding hydrogens is 208 g/mol. The molecule has 0 fully saturated rings. The van der Waals surface area contributed by atoms with Gasteiger partial charge in [-0.15, -0.1) is 0 Å². The molecule has 1 heterocycles. The maximum Gasteiger partial charge on any atom is 0.102 e. The van der Waals surface area contributed by atoms with Crippen LogP contribution < -0.4 is 0 Å². The van der Waals surface area contributed by atoms with E-state index in [-0.39, 0.29) is 5.41 Å². The number of benzene rings is 1. The molecule has 0 saturated carbocycles. The highest BCUT2D eigenvalue weighted by Gasteiger charge is 2.44. The van der Waals surface area contributed by atoms with Crippen molar-refractivity contribution in [2.45, 2.75) is 5.41 Å². The van der Waals surface area contributed by atoms with Crippen LogP contribution in [0.15, 0.2) is 64.3 Å². The van der Waals surface area contributed by atoms with Gasteiger partial charge >= 0.3 is 0 Å². The Kier molecular flexibility index (Phi) is 1.52. The Morgan fingerprint density at radius 2 is 1.94 bits per heavy atom. The summed E-state index contributed by atoms with van der Waals surface area (Å²) in [7, 11) is 0. The SMILES string of the molecule is C1=CC2=NN=CC23C(=C1)C=Cc1ccccc13. The highest BCUT2D eigenvalue weighted by atomic mass is 15.2. The van der Waals surface area contributed by atoms with Gasteiger partial charge in [0, 0.05) is 6.21 Å². The van der Waals surface area contributed by atoms with Gasteiger partial charge in [0.1, 0.15) is 5.41 Å². The second kappa shape index (κ2) is 2.92. The topological polar surface area (TPSA) is 24.7 Å². The first kappa shape index (κ1) is 8.88. The van der Waals surface area contributed by atoms with E-state index >= 15 is 0 Å². The minimum atomic E-state index is -0.236. The lowest BCUT2D eigenvalue weighted by atomic mass is 9.66. The summed E-state index contributed by atoms with van der Waals surface area (Å²) in [5.41, 5.74) is 4.56. The minimum Gasteiger partial charge on any atom is -0.162 e. The van der Waals surface area contributed by atoms with Crippen LogP contribution in [0.25, 0.3) is 6.08 Å². The average Bonchev–Trinajstić information content (AvgIpc) is 2.81. The summed E-state index contributed by atoms with van der Waals surface area (Å²) < 4.78 is 0. The maximum atomic E-state index is 4.26. The Morgan fingerprint density at radius 3 is 2.94 bits per heavy atom. The molecule has 1 aromatic rings. The third kappa shape index (κ3) is 0.954. The van der Waals surface area contributed by atoms with Gasteiger partial charge in [-0.25, -0.2) is 0 Å². The van der Waals surface area contributed by atoms with E-state index in [1.807, 2.05) is 18.4 Å². The van der Waals surface area contributed by atoms with Crippen LogP contribution in [0.1, 0.15) is 11.1 Å². The lowest BCUT2D eigenvalue weighted by Crippen LogP contribution is -2.39. The van der Waals surface area contributed by atoms with E-state index in [4.69, 9.17) is 0 Å². The minimum absolute atomic E-state index is 0.236. The van der Waals surface area contributed by atoms with Crippen molar-refractivity contribution >= 4 is 18.0 Å². The summed E-state index contributed by atoms with van der Waals surface area (Å²) >= 11 is 0. The van der Waals surface area contributed by atoms with Gasteiger partial charge in [-0.3, -0.25) is 0 Å². The number of hydrogen-bond acceptors (Lipinski definition) is 2. The van der Waals surface area contributed by atoms with Gasteiger partial charge in [-0.2, -0.15) is 10.2 Å². The smallest absolute Gasteiger partial charge is 0.102 e. The molecule has 0 aromatic heterocycles. The van der Waals surface area contributed by atoms with Crippen LogP contribution in [-0.2, 0) is 5.41 Å². The molecule has 4 rings (SSSR count). The van der Waals surface area contributed by atoms with E-state index in [9.17, 15) is 0 Å². The van der Waals surface area contributed by atoms with Gasteiger partial charge in [0.05, 0.1) is 5.71 Å². The largest absolute Gasteiger partial charge is 0.162 e. The highest BCUT2D eigenvalue weighted by molar-refractivity contribution is 6.22. The quantitative estimate of drug-likeness (QED) is 0.639. The average molecular weight is 218 g/mol. The number of rotatable bonds is 0. The number of fused-ring (bicyclic) bond motifs is 1. The molecule has 0 bridgehead atoms. The Labute approximate surface area is 99.4 Å². The first-order chi connectivity index (χ1) is 8.41. The van der Waals surface area contributed by atoms with Crippen molar-refractivity contribution in [3.8, 4) is 0 Å². The molecule has 1 atom stereocenters. The molecule has 0 radical (unpaired) electrons. The van der Waals surface area contributed by atoms with E-state index in [1.165, 1.54) is 16.7 Å². The fraction of sp³-hybridized carbons (Fsp3) is 0.0667. The zero-order chi connectivity index (χ0) is 11.3. The summed E-state index contributed by atoms with van der Waals surface area (Å²) in [6.07, 6.45) is 12.5. The first-order valence-electron chi connectivity index (χ1n) is 5.70. The molecule has 0 saturated heterocycles. The van der Waals surface area contributed by atoms with Gasteiger partial charge in [0.2, 0.25) is 0 Å². The van der Waals surface area contributed by atoms with E-state index in [2.05, 4.69) is 52.7 Å². The van der Waals surface area contributed by atoms with E-state index in [1.54, 1.807) is 0 Å². The Morgan fingerprint density at radius 1 is 1.00 bits per heavy atom. The van der Waals surface area contributed by atoms with Crippen LogP contribution in [0.3, 0.4) is 0 Å². The second-order valence-electron chi connectivity index (χ2n) is 4.44. The molecule has 80 valence electrons. The van der Waals surface area contributed by atoms with Crippen LogP contribution in [0, 0.1) is 0 Å². The van der Waals surface area contributed by atoms with Gasteiger partial charge in [-0.1, -0.05) is 48.6 Å². The third-order valence-corrected chi connectivity index (χ3v) is 3.63. The van der Waals surface area contributed by atoms with Crippen LogP contribution in [-0.4, -0.2) is 11.9 Å². The van der Waals surface area contributed by atoms with Crippen molar-refractivity contribution in [2.24, 2.45) is 10.2 Å². The normalized spacial score (nSPS) is 27.1. The summed E-state index contributed by atoms with van der Waals surface area (Å²) in [5.74, 6) is 0. The molecule has 17 heavy (non-hydrogen) atoms. The number of nitrogens with zero attached hydrogens (tertiary/aromatic N) is 2. The predicted molar refractivity (Wildman–Crippen MR) is 70.3 cm³/mol. The zero-order valence-electron chi connectivity index (χ0n) is 9.17. The molecule has 0 amide bonds. The molecule has 3 aliphatic rings. The van der Waals surface area contributed by atoms with Crippen molar-refractivity contribution in [3.05, 3.63) is 65.3 Å². The maximum absolute atomic E-state index is 4.26. The van der Waals surface area contributed by atoms with Crippen molar-refractivity contribution in [1.82, 2.24) is 0 Å². The van der Waals surface area contributed by atoms with Crippen molar-refractivity contribution < 1.29 is 0 Å². The van der Waals surface area contributed by atoms with E-state index in [0.29, 0.717) is 0 Å². The first-order valence-corrected chi connectivity index (χ1v) is 5.70. The number of hydrogen-bond donors (Lipinski definition) is 0. The molecule has 1 aromatic carbocycles. The lowest BCUT2D eigenvalue weighted by Gasteiger charge is -2.34. The standard InChI is InChI=1S/C15H10N2/c1-2-6-13-11(4-1)8-9-12-5-3-7-14-15(12,13)10-16-17-14/h1-10H. The number of allylic oxidation sites excluding steroid dienone is 5. The molecule has 1 spiro atoms. The Bertz CT molecular complexity index is 659. The van der Waals surface area contributed by atoms with Gasteiger partial charge in [0.15, 0.2) is 0 Å². The van der Waals surface area contributed by atoms with Gasteiger partial charge in [0.25, 0.3) is 0 Å². The summed E-state index contributed by atoms with van der Waals surface area (Å²) in [6.45, 7) is 0. The fourth-order valence-electron chi connectivity index (χ4n) is 2.82. The molecule has 1 aliphatic heterocycles. The third-order valence-electron chi connectivity index (χ3n) is 3.63. The fourth-order valence-corrected chi connectivity index (χ4v) is 2.82. The van der Waals surface area contributed by atoms with Crippen molar-refractivity contribution in [2.75, 3.05) is 0 Å². The monoisotopic (exact) mass is 218 g/mol. The van der Waals surface area contributed by atoms with Crippen molar-refractivity contribution in [3.63, 3.8) is 0 Å². The highest BCUT2D eigenvalue weighted by Crippen LogP contribution is 2.43. The van der Waals surface area contributed by atoms with Crippen LogP contribution in [0.4, 0.5) is 0 Å². The molecular formula is C15H10N2. The van der Waals surface area contributed by atoms with Crippen LogP contribution >= 0.6 is 0 Å². The zero-order valence-corrected chi connectivity index (χ0v) is 9.17. The lowest BCUT2D eigenvalue weighted by molar-refractivity contribution is 0.944. The summed E-state index contributed by atoms with van der Waals surface area (Å²) in [5, 5.41) is 8.40. The van der Waals surface area contributed by atoms with Gasteiger partial charge < -0.3 is 0 Å². The summed E-state index contributed by atoms with van der Waals surface area (Å²) in [4.78, 5) is 0. The Balaban J connectivity index is 2.11. The molecule has 1 unspecified atom stereocenters. The van der Waals surface area contributed by atoms with E-state index in [0.717, 1.165) is 5.71 Å². The molecule has 0 N–H and O–H groups in total. The van der Waals surface area contributed by atoms with E-state index < -0.39 is 0 Å². The second-order valence-corrected chi connectivity index (χ2v) is 4.44. The van der Waals surface area contributed by atoms with Crippen LogP contribution in [0.5, 0.6) is 0 Å². The van der Waals surface area contributed by atoms with Crippen molar-refractivity contribution in [1.29, 1.82) is 0 Å².